The summed E-state index contributed by atoms with van der Waals surface area (Å²) in [5.74, 6) is 0.497. The molecule has 0 unspecified atom stereocenters. The van der Waals surface area contributed by atoms with Gasteiger partial charge in [0.1, 0.15) is 5.75 Å². The number of hydrogen-bond acceptors (Lipinski definition) is 3. The highest BCUT2D eigenvalue weighted by molar-refractivity contribution is 7.89. The van der Waals surface area contributed by atoms with Crippen LogP contribution in [0.2, 0.25) is 0 Å². The van der Waals surface area contributed by atoms with Gasteiger partial charge in [0.15, 0.2) is 0 Å². The van der Waals surface area contributed by atoms with Crippen molar-refractivity contribution in [2.24, 2.45) is 5.14 Å². The van der Waals surface area contributed by atoms with Crippen LogP contribution in [0.5, 0.6) is 5.75 Å². The fraction of sp³-hybridized carbons (Fsp3) is 0.333. The summed E-state index contributed by atoms with van der Waals surface area (Å²) in [6.07, 6.45) is 0. The standard InChI is InChI=1S/C9H13NO3S/c1-6-4-8(13-3)5-9(7(6)2)14(10,11)12/h4-5H,1-3H3,(H2,10,11,12). The first-order valence-electron chi connectivity index (χ1n) is 4.04. The molecule has 78 valence electrons. The molecule has 0 aliphatic carbocycles. The molecule has 0 radical (unpaired) electrons. The lowest BCUT2D eigenvalue weighted by Crippen LogP contribution is -2.14. The number of hydrogen-bond donors (Lipinski definition) is 1. The number of methoxy groups -OCH3 is 1. The number of aryl methyl sites for hydroxylation is 1. The average molecular weight is 215 g/mol. The molecule has 14 heavy (non-hydrogen) atoms. The molecule has 0 aliphatic heterocycles. The van der Waals surface area contributed by atoms with E-state index < -0.39 is 10.0 Å². The molecule has 0 aliphatic rings. The summed E-state index contributed by atoms with van der Waals surface area (Å²) in [6, 6.07) is 3.20. The number of rotatable bonds is 2. The van der Waals surface area contributed by atoms with E-state index in [0.29, 0.717) is 11.3 Å². The van der Waals surface area contributed by atoms with Crippen LogP contribution in [0.3, 0.4) is 0 Å². The highest BCUT2D eigenvalue weighted by Gasteiger charge is 2.14. The zero-order valence-corrected chi connectivity index (χ0v) is 9.18. The summed E-state index contributed by atoms with van der Waals surface area (Å²) < 4.78 is 27.4. The minimum atomic E-state index is -3.67. The van der Waals surface area contributed by atoms with E-state index in [9.17, 15) is 8.42 Å². The van der Waals surface area contributed by atoms with Crippen molar-refractivity contribution in [2.45, 2.75) is 18.7 Å². The molecule has 1 aromatic carbocycles. The van der Waals surface area contributed by atoms with Gasteiger partial charge in [-0.3, -0.25) is 0 Å². The maximum Gasteiger partial charge on any atom is 0.238 e. The van der Waals surface area contributed by atoms with E-state index in [1.807, 2.05) is 6.92 Å². The van der Waals surface area contributed by atoms with Crippen LogP contribution in [0.15, 0.2) is 17.0 Å². The first kappa shape index (κ1) is 11.0. The van der Waals surface area contributed by atoms with Crippen LogP contribution in [-0.4, -0.2) is 15.5 Å². The maximum absolute atomic E-state index is 11.2. The van der Waals surface area contributed by atoms with E-state index in [-0.39, 0.29) is 4.90 Å². The number of primary sulfonamides is 1. The van der Waals surface area contributed by atoms with Gasteiger partial charge in [0, 0.05) is 6.07 Å². The molecular formula is C9H13NO3S. The lowest BCUT2D eigenvalue weighted by Gasteiger charge is -2.09. The molecule has 0 bridgehead atoms. The van der Waals surface area contributed by atoms with Gasteiger partial charge in [-0.15, -0.1) is 0 Å². The van der Waals surface area contributed by atoms with Gasteiger partial charge < -0.3 is 4.74 Å². The molecular weight excluding hydrogens is 202 g/mol. The molecule has 0 saturated carbocycles. The highest BCUT2D eigenvalue weighted by atomic mass is 32.2. The Balaban J connectivity index is 3.51. The summed E-state index contributed by atoms with van der Waals surface area (Å²) in [5, 5.41) is 5.07. The van der Waals surface area contributed by atoms with Crippen LogP contribution in [0.1, 0.15) is 11.1 Å². The third kappa shape index (κ3) is 2.05. The predicted octanol–water partition coefficient (Wildman–Crippen LogP) is 0.959. The minimum absolute atomic E-state index is 0.120. The summed E-state index contributed by atoms with van der Waals surface area (Å²) in [6.45, 7) is 3.53. The van der Waals surface area contributed by atoms with Gasteiger partial charge in [0.25, 0.3) is 0 Å². The molecule has 2 N–H and O–H groups in total. The minimum Gasteiger partial charge on any atom is -0.497 e. The van der Waals surface area contributed by atoms with Crippen LogP contribution in [0.25, 0.3) is 0 Å². The van der Waals surface area contributed by atoms with Crippen molar-refractivity contribution in [1.29, 1.82) is 0 Å². The van der Waals surface area contributed by atoms with E-state index in [1.54, 1.807) is 13.0 Å². The molecule has 0 spiro atoms. The van der Waals surface area contributed by atoms with Gasteiger partial charge >= 0.3 is 0 Å². The number of nitrogens with two attached hydrogens (primary N) is 1. The smallest absolute Gasteiger partial charge is 0.238 e. The molecule has 0 fully saturated rings. The van der Waals surface area contributed by atoms with Crippen molar-refractivity contribution in [3.05, 3.63) is 23.3 Å². The second kappa shape index (κ2) is 3.59. The Morgan fingerprint density at radius 3 is 2.29 bits per heavy atom. The largest absolute Gasteiger partial charge is 0.497 e. The fourth-order valence-electron chi connectivity index (χ4n) is 1.21. The monoisotopic (exact) mass is 215 g/mol. The Morgan fingerprint density at radius 1 is 1.29 bits per heavy atom. The SMILES string of the molecule is COc1cc(C)c(C)c(S(N)(=O)=O)c1. The van der Waals surface area contributed by atoms with Crippen molar-refractivity contribution >= 4 is 10.0 Å². The second-order valence-electron chi connectivity index (χ2n) is 3.11. The van der Waals surface area contributed by atoms with Gasteiger partial charge in [0.2, 0.25) is 10.0 Å². The summed E-state index contributed by atoms with van der Waals surface area (Å²) in [5.41, 5.74) is 1.50. The van der Waals surface area contributed by atoms with Gasteiger partial charge in [-0.1, -0.05) is 0 Å². The van der Waals surface area contributed by atoms with Crippen molar-refractivity contribution < 1.29 is 13.2 Å². The molecule has 0 atom stereocenters. The summed E-state index contributed by atoms with van der Waals surface area (Å²) in [7, 11) is -2.19. The van der Waals surface area contributed by atoms with Gasteiger partial charge in [-0.05, 0) is 31.0 Å². The van der Waals surface area contributed by atoms with Crippen LogP contribution in [0, 0.1) is 13.8 Å². The average Bonchev–Trinajstić information content (AvgIpc) is 2.07. The third-order valence-corrected chi connectivity index (χ3v) is 3.17. The van der Waals surface area contributed by atoms with Crippen molar-refractivity contribution in [2.75, 3.05) is 7.11 Å². The van der Waals surface area contributed by atoms with E-state index in [1.165, 1.54) is 13.2 Å². The Kier molecular flexibility index (Phi) is 2.82. The lowest BCUT2D eigenvalue weighted by atomic mass is 10.1. The zero-order valence-electron chi connectivity index (χ0n) is 8.37. The topological polar surface area (TPSA) is 69.4 Å². The van der Waals surface area contributed by atoms with Crippen LogP contribution < -0.4 is 9.88 Å². The van der Waals surface area contributed by atoms with E-state index in [2.05, 4.69) is 0 Å². The normalized spacial score (nSPS) is 11.4. The Hall–Kier alpha value is -1.07. The van der Waals surface area contributed by atoms with Crippen molar-refractivity contribution in [3.63, 3.8) is 0 Å². The van der Waals surface area contributed by atoms with Crippen LogP contribution in [-0.2, 0) is 10.0 Å². The quantitative estimate of drug-likeness (QED) is 0.798. The molecule has 1 aromatic rings. The number of benzene rings is 1. The molecule has 0 amide bonds. The summed E-state index contributed by atoms with van der Waals surface area (Å²) >= 11 is 0. The Morgan fingerprint density at radius 2 is 1.86 bits per heavy atom. The Labute approximate surface area is 83.7 Å². The van der Waals surface area contributed by atoms with E-state index in [0.717, 1.165) is 5.56 Å². The second-order valence-corrected chi connectivity index (χ2v) is 4.64. The third-order valence-electron chi connectivity index (χ3n) is 2.14. The molecule has 0 aromatic heterocycles. The van der Waals surface area contributed by atoms with Gasteiger partial charge in [-0.2, -0.15) is 0 Å². The van der Waals surface area contributed by atoms with Crippen molar-refractivity contribution in [1.82, 2.24) is 0 Å². The van der Waals surface area contributed by atoms with Gasteiger partial charge in [-0.25, -0.2) is 13.6 Å². The van der Waals surface area contributed by atoms with E-state index in [4.69, 9.17) is 9.88 Å². The first-order chi connectivity index (χ1) is 6.36. The summed E-state index contributed by atoms with van der Waals surface area (Å²) in [4.78, 5) is 0.120. The van der Waals surface area contributed by atoms with Crippen LogP contribution in [0.4, 0.5) is 0 Å². The first-order valence-corrected chi connectivity index (χ1v) is 5.59. The maximum atomic E-state index is 11.2. The van der Waals surface area contributed by atoms with Gasteiger partial charge in [0.05, 0.1) is 12.0 Å². The highest BCUT2D eigenvalue weighted by Crippen LogP contribution is 2.24. The Bertz CT molecular complexity index is 451. The van der Waals surface area contributed by atoms with Crippen molar-refractivity contribution in [3.8, 4) is 5.75 Å². The lowest BCUT2D eigenvalue weighted by molar-refractivity contribution is 0.413. The molecule has 5 heteroatoms. The van der Waals surface area contributed by atoms with Crippen LogP contribution >= 0.6 is 0 Å². The zero-order chi connectivity index (χ0) is 10.9. The molecule has 4 nitrogen and oxygen atoms in total. The fourth-order valence-corrected chi connectivity index (χ4v) is 2.08. The number of sulfonamides is 1. The molecule has 0 saturated heterocycles. The van der Waals surface area contributed by atoms with E-state index >= 15 is 0 Å². The molecule has 1 rings (SSSR count). The molecule has 0 heterocycles. The number of ether oxygens (including phenoxy) is 1. The predicted molar refractivity (Wildman–Crippen MR) is 53.8 cm³/mol.